The van der Waals surface area contributed by atoms with Crippen molar-refractivity contribution in [2.45, 2.75) is 13.0 Å². The van der Waals surface area contributed by atoms with Crippen LogP contribution in [0.25, 0.3) is 16.9 Å². The van der Waals surface area contributed by atoms with Crippen molar-refractivity contribution >= 4 is 5.65 Å². The highest BCUT2D eigenvalue weighted by molar-refractivity contribution is 5.67. The van der Waals surface area contributed by atoms with E-state index in [0.717, 1.165) is 28.2 Å². The van der Waals surface area contributed by atoms with E-state index >= 15 is 0 Å². The van der Waals surface area contributed by atoms with Crippen molar-refractivity contribution in [2.24, 2.45) is 0 Å². The van der Waals surface area contributed by atoms with Crippen molar-refractivity contribution in [3.63, 3.8) is 0 Å². The van der Waals surface area contributed by atoms with Crippen molar-refractivity contribution in [3.05, 3.63) is 84.7 Å². The predicted molar refractivity (Wildman–Crippen MR) is 103 cm³/mol. The van der Waals surface area contributed by atoms with Gasteiger partial charge in [-0.25, -0.2) is 4.98 Å². The molecule has 1 atom stereocenters. The molecule has 130 valence electrons. The Bertz CT molecular complexity index is 1020. The second kappa shape index (κ2) is 6.92. The third kappa shape index (κ3) is 3.02. The fourth-order valence-electron chi connectivity index (χ4n) is 3.05. The highest BCUT2D eigenvalue weighted by atomic mass is 16.5. The summed E-state index contributed by atoms with van der Waals surface area (Å²) in [5.41, 5.74) is 4.08. The van der Waals surface area contributed by atoms with E-state index < -0.39 is 0 Å². The van der Waals surface area contributed by atoms with Crippen LogP contribution in [0.1, 0.15) is 18.6 Å². The number of methoxy groups -OCH3 is 1. The highest BCUT2D eigenvalue weighted by Crippen LogP contribution is 2.35. The number of hydrogen-bond donors (Lipinski definition) is 0. The predicted octanol–water partition coefficient (Wildman–Crippen LogP) is 5.15. The fourth-order valence-corrected chi connectivity index (χ4v) is 3.05. The van der Waals surface area contributed by atoms with E-state index in [2.05, 4.69) is 21.5 Å². The minimum Gasteiger partial charge on any atom is -0.493 e. The molecule has 0 bridgehead atoms. The molecule has 26 heavy (non-hydrogen) atoms. The molecule has 0 amide bonds. The molecular weight excluding hydrogens is 324 g/mol. The van der Waals surface area contributed by atoms with Gasteiger partial charge in [-0.1, -0.05) is 36.4 Å². The fraction of sp³-hybridized carbons (Fsp3) is 0.136. The first-order valence-corrected chi connectivity index (χ1v) is 8.58. The maximum absolute atomic E-state index is 6.13. The largest absolute Gasteiger partial charge is 0.493 e. The van der Waals surface area contributed by atoms with Gasteiger partial charge < -0.3 is 9.47 Å². The highest BCUT2D eigenvalue weighted by Gasteiger charge is 2.13. The molecule has 0 fully saturated rings. The Morgan fingerprint density at radius 1 is 0.923 bits per heavy atom. The van der Waals surface area contributed by atoms with Crippen LogP contribution in [0.2, 0.25) is 0 Å². The Morgan fingerprint density at radius 3 is 2.54 bits per heavy atom. The van der Waals surface area contributed by atoms with Crippen molar-refractivity contribution in [1.82, 2.24) is 9.38 Å². The number of aromatic nitrogens is 2. The Kier molecular flexibility index (Phi) is 4.32. The van der Waals surface area contributed by atoms with Gasteiger partial charge in [0.05, 0.1) is 19.0 Å². The maximum Gasteiger partial charge on any atom is 0.162 e. The number of rotatable bonds is 5. The van der Waals surface area contributed by atoms with Crippen LogP contribution in [0.4, 0.5) is 0 Å². The van der Waals surface area contributed by atoms with Gasteiger partial charge in [0.15, 0.2) is 11.5 Å². The summed E-state index contributed by atoms with van der Waals surface area (Å²) in [6.07, 6.45) is 3.82. The maximum atomic E-state index is 6.13. The van der Waals surface area contributed by atoms with Gasteiger partial charge in [-0.2, -0.15) is 0 Å². The van der Waals surface area contributed by atoms with E-state index in [9.17, 15) is 0 Å². The van der Waals surface area contributed by atoms with E-state index in [4.69, 9.17) is 9.47 Å². The lowest BCUT2D eigenvalue weighted by Gasteiger charge is -2.18. The van der Waals surface area contributed by atoms with E-state index in [1.54, 1.807) is 7.11 Å². The zero-order valence-electron chi connectivity index (χ0n) is 14.8. The third-order valence-electron chi connectivity index (χ3n) is 4.45. The molecule has 0 saturated carbocycles. The summed E-state index contributed by atoms with van der Waals surface area (Å²) in [5, 5.41) is 0. The Labute approximate surface area is 152 Å². The molecule has 0 N–H and O–H groups in total. The first-order chi connectivity index (χ1) is 12.8. The summed E-state index contributed by atoms with van der Waals surface area (Å²) < 4.78 is 13.8. The lowest BCUT2D eigenvalue weighted by molar-refractivity contribution is 0.216. The van der Waals surface area contributed by atoms with Crippen LogP contribution in [0.3, 0.4) is 0 Å². The number of nitrogens with zero attached hydrogens (tertiary/aromatic N) is 2. The molecule has 4 aromatic rings. The van der Waals surface area contributed by atoms with Crippen molar-refractivity contribution in [2.75, 3.05) is 7.11 Å². The third-order valence-corrected chi connectivity index (χ3v) is 4.45. The number of benzene rings is 2. The molecule has 4 heteroatoms. The average molecular weight is 344 g/mol. The lowest BCUT2D eigenvalue weighted by atomic mass is 10.1. The quantitative estimate of drug-likeness (QED) is 0.502. The van der Waals surface area contributed by atoms with Gasteiger partial charge in [0.1, 0.15) is 11.8 Å². The Balaban J connectivity index is 1.66. The molecule has 4 rings (SSSR count). The van der Waals surface area contributed by atoms with Crippen LogP contribution in [0, 0.1) is 0 Å². The molecule has 0 unspecified atom stereocenters. The average Bonchev–Trinajstić information content (AvgIpc) is 3.13. The summed E-state index contributed by atoms with van der Waals surface area (Å²) in [6, 6.07) is 22.1. The second-order valence-electron chi connectivity index (χ2n) is 6.11. The molecule has 0 radical (unpaired) electrons. The standard InChI is InChI=1S/C22H20N2O2/c1-16(17-8-4-3-5-9-17)26-20-12-11-18(14-21(20)25-2)19-15-23-22-10-6-7-13-24(19)22/h3-16H,1-2H3/t16-/m1/s1. The van der Waals surface area contributed by atoms with E-state index in [1.165, 1.54) is 0 Å². The van der Waals surface area contributed by atoms with Gasteiger partial charge >= 0.3 is 0 Å². The minimum absolute atomic E-state index is 0.0632. The number of imidazole rings is 1. The molecule has 0 spiro atoms. The zero-order valence-corrected chi connectivity index (χ0v) is 14.8. The number of fused-ring (bicyclic) bond motifs is 1. The lowest BCUT2D eigenvalue weighted by Crippen LogP contribution is -2.04. The molecule has 2 aromatic carbocycles. The van der Waals surface area contributed by atoms with Crippen molar-refractivity contribution in [3.8, 4) is 22.8 Å². The van der Waals surface area contributed by atoms with Gasteiger partial charge in [-0.15, -0.1) is 0 Å². The summed E-state index contributed by atoms with van der Waals surface area (Å²) in [6.45, 7) is 2.03. The summed E-state index contributed by atoms with van der Waals surface area (Å²) >= 11 is 0. The van der Waals surface area contributed by atoms with Crippen LogP contribution in [-0.2, 0) is 0 Å². The Morgan fingerprint density at radius 2 is 1.73 bits per heavy atom. The van der Waals surface area contributed by atoms with Crippen LogP contribution in [-0.4, -0.2) is 16.5 Å². The molecule has 2 heterocycles. The van der Waals surface area contributed by atoms with Crippen LogP contribution in [0.15, 0.2) is 79.1 Å². The van der Waals surface area contributed by atoms with Gasteiger partial charge in [-0.3, -0.25) is 4.40 Å². The van der Waals surface area contributed by atoms with Crippen LogP contribution < -0.4 is 9.47 Å². The first-order valence-electron chi connectivity index (χ1n) is 8.58. The van der Waals surface area contributed by atoms with Crippen LogP contribution >= 0.6 is 0 Å². The number of hydrogen-bond acceptors (Lipinski definition) is 3. The molecule has 0 aliphatic rings. The van der Waals surface area contributed by atoms with Crippen molar-refractivity contribution in [1.29, 1.82) is 0 Å². The topological polar surface area (TPSA) is 35.8 Å². The molecule has 0 aliphatic heterocycles. The minimum atomic E-state index is -0.0632. The smallest absolute Gasteiger partial charge is 0.162 e. The molecular formula is C22H20N2O2. The van der Waals surface area contributed by atoms with Gasteiger partial charge in [-0.05, 0) is 42.8 Å². The molecule has 0 saturated heterocycles. The van der Waals surface area contributed by atoms with Gasteiger partial charge in [0, 0.05) is 11.8 Å². The van der Waals surface area contributed by atoms with Crippen molar-refractivity contribution < 1.29 is 9.47 Å². The van der Waals surface area contributed by atoms with Gasteiger partial charge in [0.2, 0.25) is 0 Å². The Hall–Kier alpha value is -3.27. The molecule has 4 nitrogen and oxygen atoms in total. The second-order valence-corrected chi connectivity index (χ2v) is 6.11. The molecule has 2 aromatic heterocycles. The SMILES string of the molecule is COc1cc(-c2cnc3ccccn23)ccc1O[C@H](C)c1ccccc1. The van der Waals surface area contributed by atoms with Gasteiger partial charge in [0.25, 0.3) is 0 Å². The van der Waals surface area contributed by atoms with E-state index in [1.807, 2.05) is 73.9 Å². The van der Waals surface area contributed by atoms with E-state index in [-0.39, 0.29) is 6.10 Å². The normalized spacial score (nSPS) is 12.1. The number of ether oxygens (including phenoxy) is 2. The number of pyridine rings is 1. The van der Waals surface area contributed by atoms with E-state index in [0.29, 0.717) is 5.75 Å². The monoisotopic (exact) mass is 344 g/mol. The summed E-state index contributed by atoms with van der Waals surface area (Å²) in [7, 11) is 1.66. The molecule has 0 aliphatic carbocycles. The van der Waals surface area contributed by atoms with Crippen LogP contribution in [0.5, 0.6) is 11.5 Å². The summed E-state index contributed by atoms with van der Waals surface area (Å²) in [4.78, 5) is 4.45. The first kappa shape index (κ1) is 16.2. The summed E-state index contributed by atoms with van der Waals surface area (Å²) in [5.74, 6) is 1.43. The zero-order chi connectivity index (χ0) is 17.9.